The Labute approximate surface area is 159 Å². The van der Waals surface area contributed by atoms with Crippen molar-refractivity contribution in [3.63, 3.8) is 0 Å². The lowest BCUT2D eigenvalue weighted by Gasteiger charge is -2.22. The molecular formula is C23H23NOS. The number of thioether (sulfide) groups is 1. The van der Waals surface area contributed by atoms with Crippen molar-refractivity contribution in [1.29, 1.82) is 0 Å². The molecule has 132 valence electrons. The molecule has 0 fully saturated rings. The van der Waals surface area contributed by atoms with E-state index in [0.717, 1.165) is 18.0 Å². The molecule has 0 radical (unpaired) electrons. The van der Waals surface area contributed by atoms with Crippen molar-refractivity contribution in [3.05, 3.63) is 95.1 Å². The highest BCUT2D eigenvalue weighted by molar-refractivity contribution is 7.98. The van der Waals surface area contributed by atoms with E-state index in [4.69, 9.17) is 4.74 Å². The third kappa shape index (κ3) is 3.64. The summed E-state index contributed by atoms with van der Waals surface area (Å²) in [6, 6.07) is 25.7. The summed E-state index contributed by atoms with van der Waals surface area (Å²) < 4.78 is 6.58. The molecule has 3 aromatic carbocycles. The average molecular weight is 362 g/mol. The molecule has 3 heteroatoms. The average Bonchev–Trinajstić information content (AvgIpc) is 2.80. The quantitative estimate of drug-likeness (QED) is 0.607. The number of hydrogen-bond acceptors (Lipinski definition) is 3. The summed E-state index contributed by atoms with van der Waals surface area (Å²) in [6.45, 7) is 0.908. The fourth-order valence-electron chi connectivity index (χ4n) is 3.42. The third-order valence-corrected chi connectivity index (χ3v) is 5.71. The second kappa shape index (κ2) is 7.56. The highest BCUT2D eigenvalue weighted by atomic mass is 32.2. The minimum atomic E-state index is -0.0768. The number of ether oxygens (including phenoxy) is 1. The van der Waals surface area contributed by atoms with Gasteiger partial charge in [0.2, 0.25) is 0 Å². The van der Waals surface area contributed by atoms with E-state index in [1.807, 2.05) is 11.8 Å². The van der Waals surface area contributed by atoms with Crippen LogP contribution in [0.2, 0.25) is 0 Å². The van der Waals surface area contributed by atoms with Gasteiger partial charge in [0, 0.05) is 28.3 Å². The van der Waals surface area contributed by atoms with E-state index in [1.54, 1.807) is 0 Å². The number of rotatable bonds is 4. The van der Waals surface area contributed by atoms with Crippen LogP contribution >= 0.6 is 11.8 Å². The maximum absolute atomic E-state index is 6.58. The molecule has 0 aromatic heterocycles. The van der Waals surface area contributed by atoms with Crippen LogP contribution < -0.4 is 4.74 Å². The summed E-state index contributed by atoms with van der Waals surface area (Å²) in [5.74, 6) is 1.90. The van der Waals surface area contributed by atoms with Crippen LogP contribution in [0, 0.1) is 0 Å². The Morgan fingerprint density at radius 3 is 2.54 bits per heavy atom. The topological polar surface area (TPSA) is 12.5 Å². The van der Waals surface area contributed by atoms with E-state index in [2.05, 4.69) is 91.8 Å². The molecule has 1 aliphatic rings. The second-order valence-corrected chi connectivity index (χ2v) is 7.93. The number of benzene rings is 3. The van der Waals surface area contributed by atoms with Gasteiger partial charge in [0.05, 0.1) is 0 Å². The van der Waals surface area contributed by atoms with Crippen LogP contribution in [0.15, 0.2) is 77.7 Å². The number of fused-ring (bicyclic) bond motifs is 2. The molecule has 0 amide bonds. The molecule has 0 bridgehead atoms. The van der Waals surface area contributed by atoms with Crippen LogP contribution in [0.25, 0.3) is 0 Å². The van der Waals surface area contributed by atoms with Crippen LogP contribution in [0.4, 0.5) is 0 Å². The van der Waals surface area contributed by atoms with E-state index < -0.39 is 0 Å². The molecule has 0 spiro atoms. The van der Waals surface area contributed by atoms with Crippen LogP contribution in [0.3, 0.4) is 0 Å². The molecule has 0 saturated carbocycles. The Morgan fingerprint density at radius 2 is 1.69 bits per heavy atom. The molecule has 0 N–H and O–H groups in total. The Morgan fingerprint density at radius 1 is 0.923 bits per heavy atom. The van der Waals surface area contributed by atoms with Crippen LogP contribution in [-0.4, -0.2) is 19.0 Å². The zero-order valence-electron chi connectivity index (χ0n) is 15.2. The van der Waals surface area contributed by atoms with Crippen molar-refractivity contribution in [3.8, 4) is 5.75 Å². The Balaban J connectivity index is 1.74. The Kier molecular flexibility index (Phi) is 5.00. The fourth-order valence-corrected chi connectivity index (χ4v) is 4.51. The first-order chi connectivity index (χ1) is 12.7. The first-order valence-corrected chi connectivity index (χ1v) is 9.89. The minimum absolute atomic E-state index is 0.0768. The molecule has 1 heterocycles. The fraction of sp³-hybridized carbons (Fsp3) is 0.217. The highest BCUT2D eigenvalue weighted by Gasteiger charge is 2.25. The highest BCUT2D eigenvalue weighted by Crippen LogP contribution is 2.41. The summed E-state index contributed by atoms with van der Waals surface area (Å²) in [6.07, 6.45) is -0.0768. The Bertz CT molecular complexity index is 858. The summed E-state index contributed by atoms with van der Waals surface area (Å²) in [5.41, 5.74) is 5.13. The van der Waals surface area contributed by atoms with Gasteiger partial charge < -0.3 is 9.64 Å². The molecule has 2 nitrogen and oxygen atoms in total. The normalized spacial score (nSPS) is 15.9. The van der Waals surface area contributed by atoms with E-state index in [-0.39, 0.29) is 6.10 Å². The monoisotopic (exact) mass is 361 g/mol. The van der Waals surface area contributed by atoms with Gasteiger partial charge in [-0.3, -0.25) is 0 Å². The summed E-state index contributed by atoms with van der Waals surface area (Å²) in [4.78, 5) is 3.48. The lowest BCUT2D eigenvalue weighted by atomic mass is 9.97. The van der Waals surface area contributed by atoms with Gasteiger partial charge in [0.15, 0.2) is 6.10 Å². The van der Waals surface area contributed by atoms with Crippen LogP contribution in [0.1, 0.15) is 28.4 Å². The summed E-state index contributed by atoms with van der Waals surface area (Å²) in [7, 11) is 4.17. The van der Waals surface area contributed by atoms with E-state index in [0.29, 0.717) is 0 Å². The molecule has 3 aromatic rings. The lowest BCUT2D eigenvalue weighted by molar-refractivity contribution is 0.243. The maximum Gasteiger partial charge on any atom is 0.150 e. The van der Waals surface area contributed by atoms with E-state index >= 15 is 0 Å². The van der Waals surface area contributed by atoms with Crippen molar-refractivity contribution in [1.82, 2.24) is 4.90 Å². The molecule has 1 atom stereocenters. The predicted molar refractivity (Wildman–Crippen MR) is 109 cm³/mol. The summed E-state index contributed by atoms with van der Waals surface area (Å²) >= 11 is 1.89. The Hall–Kier alpha value is -2.23. The number of nitrogens with zero attached hydrogens (tertiary/aromatic N) is 1. The third-order valence-electron chi connectivity index (χ3n) is 4.57. The maximum atomic E-state index is 6.58. The zero-order chi connectivity index (χ0) is 17.9. The smallest absolute Gasteiger partial charge is 0.150 e. The van der Waals surface area contributed by atoms with Crippen molar-refractivity contribution in [2.45, 2.75) is 23.3 Å². The molecule has 1 aliphatic heterocycles. The van der Waals surface area contributed by atoms with Gasteiger partial charge in [-0.1, -0.05) is 54.6 Å². The van der Waals surface area contributed by atoms with Crippen molar-refractivity contribution in [2.75, 3.05) is 14.1 Å². The first kappa shape index (κ1) is 17.2. The van der Waals surface area contributed by atoms with Crippen LogP contribution in [0.5, 0.6) is 5.75 Å². The zero-order valence-corrected chi connectivity index (χ0v) is 16.0. The molecule has 0 unspecified atom stereocenters. The van der Waals surface area contributed by atoms with Crippen molar-refractivity contribution in [2.24, 2.45) is 0 Å². The van der Waals surface area contributed by atoms with Gasteiger partial charge in [-0.25, -0.2) is 0 Å². The van der Waals surface area contributed by atoms with Gasteiger partial charge in [0.1, 0.15) is 5.75 Å². The van der Waals surface area contributed by atoms with Gasteiger partial charge in [-0.2, -0.15) is 0 Å². The van der Waals surface area contributed by atoms with Gasteiger partial charge in [-0.15, -0.1) is 11.8 Å². The molecular weight excluding hydrogens is 338 g/mol. The predicted octanol–water partition coefficient (Wildman–Crippen LogP) is 5.52. The van der Waals surface area contributed by atoms with Gasteiger partial charge in [-0.05, 0) is 43.4 Å². The van der Waals surface area contributed by atoms with Crippen LogP contribution in [-0.2, 0) is 12.3 Å². The van der Waals surface area contributed by atoms with Gasteiger partial charge >= 0.3 is 0 Å². The number of hydrogen-bond donors (Lipinski definition) is 0. The van der Waals surface area contributed by atoms with E-state index in [1.165, 1.54) is 27.1 Å². The molecule has 26 heavy (non-hydrogen) atoms. The largest absolute Gasteiger partial charge is 0.481 e. The molecule has 0 aliphatic carbocycles. The SMILES string of the molecule is CN(C)Cc1cccc(O[C@@H]2c3ccccc3CSc3ccccc32)c1. The van der Waals surface area contributed by atoms with Crippen molar-refractivity contribution >= 4 is 11.8 Å². The summed E-state index contributed by atoms with van der Waals surface area (Å²) in [5, 5.41) is 0. The van der Waals surface area contributed by atoms with Crippen molar-refractivity contribution < 1.29 is 4.74 Å². The molecule has 0 saturated heterocycles. The molecule has 4 rings (SSSR count). The minimum Gasteiger partial charge on any atom is -0.481 e. The van der Waals surface area contributed by atoms with E-state index in [9.17, 15) is 0 Å². The standard InChI is InChI=1S/C23H23NOS/c1-24(2)15-17-8-7-10-19(14-17)25-23-20-11-4-3-9-18(20)16-26-22-13-6-5-12-21(22)23/h3-14,23H,15-16H2,1-2H3/t23-/m1/s1. The first-order valence-electron chi connectivity index (χ1n) is 8.90. The second-order valence-electron chi connectivity index (χ2n) is 6.91. The van der Waals surface area contributed by atoms with Gasteiger partial charge in [0.25, 0.3) is 0 Å². The lowest BCUT2D eigenvalue weighted by Crippen LogP contribution is -2.12.